The monoisotopic (exact) mass is 301 g/mol. The molecular weight excluding hydrogens is 282 g/mol. The summed E-state index contributed by atoms with van der Waals surface area (Å²) in [4.78, 5) is 12.0. The van der Waals surface area contributed by atoms with E-state index in [-0.39, 0.29) is 23.2 Å². The second-order valence-corrected chi connectivity index (χ2v) is 8.26. The normalized spacial score (nSPS) is 21.9. The first kappa shape index (κ1) is 15.0. The molecule has 1 saturated heterocycles. The topological polar surface area (TPSA) is 91.2 Å². The zero-order valence-electron chi connectivity index (χ0n) is 12.1. The van der Waals surface area contributed by atoms with Crippen LogP contribution in [0.25, 0.3) is 0 Å². The second kappa shape index (κ2) is 4.83. The third-order valence-corrected chi connectivity index (χ3v) is 4.82. The van der Waals surface area contributed by atoms with Crippen LogP contribution in [-0.2, 0) is 14.6 Å². The van der Waals surface area contributed by atoms with E-state index in [1.807, 2.05) is 0 Å². The highest BCUT2D eigenvalue weighted by Crippen LogP contribution is 2.25. The minimum Gasteiger partial charge on any atom is -0.455 e. The van der Waals surface area contributed by atoms with Crippen LogP contribution in [0.15, 0.2) is 0 Å². The van der Waals surface area contributed by atoms with Gasteiger partial charge in [-0.05, 0) is 34.1 Å². The molecule has 112 valence electrons. The summed E-state index contributed by atoms with van der Waals surface area (Å²) in [6.45, 7) is 7.01. The zero-order valence-corrected chi connectivity index (χ0v) is 12.9. The highest BCUT2D eigenvalue weighted by Gasteiger charge is 2.32. The molecule has 1 aromatic rings. The number of ether oxygens (including phenoxy) is 1. The molecule has 2 heterocycles. The Kier molecular flexibility index (Phi) is 3.62. The summed E-state index contributed by atoms with van der Waals surface area (Å²) in [6.07, 6.45) is 0.500. The SMILES string of the molecule is Cc1c(C(=O)OC(C)(C)C)nnn1C1CCS(=O)(=O)C1. The summed E-state index contributed by atoms with van der Waals surface area (Å²) in [5.74, 6) is -0.342. The Morgan fingerprint density at radius 3 is 2.55 bits per heavy atom. The van der Waals surface area contributed by atoms with Crippen LogP contribution in [0.5, 0.6) is 0 Å². The van der Waals surface area contributed by atoms with E-state index in [0.29, 0.717) is 12.1 Å². The number of rotatable bonds is 2. The minimum atomic E-state index is -3.00. The van der Waals surface area contributed by atoms with E-state index in [0.717, 1.165) is 0 Å². The lowest BCUT2D eigenvalue weighted by atomic mass is 10.2. The fourth-order valence-corrected chi connectivity index (χ4v) is 3.86. The van der Waals surface area contributed by atoms with Crippen molar-refractivity contribution in [3.63, 3.8) is 0 Å². The van der Waals surface area contributed by atoms with Crippen LogP contribution in [0.3, 0.4) is 0 Å². The third kappa shape index (κ3) is 3.17. The maximum absolute atomic E-state index is 12.0. The molecule has 2 rings (SSSR count). The Bertz CT molecular complexity index is 628. The van der Waals surface area contributed by atoms with Crippen LogP contribution < -0.4 is 0 Å². The molecule has 1 atom stereocenters. The molecule has 1 fully saturated rings. The first-order valence-electron chi connectivity index (χ1n) is 6.44. The molecule has 0 bridgehead atoms. The Balaban J connectivity index is 2.22. The van der Waals surface area contributed by atoms with Gasteiger partial charge in [-0.15, -0.1) is 5.10 Å². The fourth-order valence-electron chi connectivity index (χ4n) is 2.17. The van der Waals surface area contributed by atoms with Crippen LogP contribution in [0.1, 0.15) is 49.4 Å². The first-order chi connectivity index (χ1) is 9.09. The van der Waals surface area contributed by atoms with E-state index in [1.54, 1.807) is 27.7 Å². The van der Waals surface area contributed by atoms with Gasteiger partial charge in [0.05, 0.1) is 23.2 Å². The summed E-state index contributed by atoms with van der Waals surface area (Å²) in [7, 11) is -3.00. The molecule has 0 aliphatic carbocycles. The number of sulfone groups is 1. The highest BCUT2D eigenvalue weighted by molar-refractivity contribution is 7.91. The molecule has 1 aromatic heterocycles. The van der Waals surface area contributed by atoms with Gasteiger partial charge in [0, 0.05) is 0 Å². The molecule has 1 unspecified atom stereocenters. The molecule has 8 heteroatoms. The van der Waals surface area contributed by atoms with Crippen LogP contribution in [-0.4, -0.2) is 46.5 Å². The number of carbonyl (C=O) groups is 1. The quantitative estimate of drug-likeness (QED) is 0.754. The lowest BCUT2D eigenvalue weighted by molar-refractivity contribution is 0.00618. The third-order valence-electron chi connectivity index (χ3n) is 3.07. The lowest BCUT2D eigenvalue weighted by Crippen LogP contribution is -2.24. The Morgan fingerprint density at radius 1 is 1.40 bits per heavy atom. The number of esters is 1. The number of hydrogen-bond acceptors (Lipinski definition) is 6. The van der Waals surface area contributed by atoms with Crippen molar-refractivity contribution >= 4 is 15.8 Å². The van der Waals surface area contributed by atoms with E-state index in [9.17, 15) is 13.2 Å². The van der Waals surface area contributed by atoms with Gasteiger partial charge in [0.25, 0.3) is 0 Å². The van der Waals surface area contributed by atoms with Crippen molar-refractivity contribution in [2.24, 2.45) is 0 Å². The second-order valence-electron chi connectivity index (χ2n) is 6.03. The van der Waals surface area contributed by atoms with Crippen LogP contribution >= 0.6 is 0 Å². The molecule has 1 aliphatic heterocycles. The molecule has 0 N–H and O–H groups in total. The van der Waals surface area contributed by atoms with Crippen LogP contribution in [0, 0.1) is 6.92 Å². The maximum atomic E-state index is 12.0. The molecular formula is C12H19N3O4S. The van der Waals surface area contributed by atoms with E-state index in [1.165, 1.54) is 4.68 Å². The standard InChI is InChI=1S/C12H19N3O4S/c1-8-10(11(16)19-12(2,3)4)13-14-15(8)9-5-6-20(17,18)7-9/h9H,5-7H2,1-4H3. The van der Waals surface area contributed by atoms with Gasteiger partial charge in [-0.2, -0.15) is 0 Å². The summed E-state index contributed by atoms with van der Waals surface area (Å²) in [5.41, 5.74) is 0.0786. The van der Waals surface area contributed by atoms with E-state index < -0.39 is 21.4 Å². The fraction of sp³-hybridized carbons (Fsp3) is 0.750. The van der Waals surface area contributed by atoms with Crippen molar-refractivity contribution in [1.29, 1.82) is 0 Å². The van der Waals surface area contributed by atoms with Crippen LogP contribution in [0.4, 0.5) is 0 Å². The Labute approximate surface area is 118 Å². The molecule has 0 radical (unpaired) electrons. The predicted octanol–water partition coefficient (Wildman–Crippen LogP) is 0.901. The van der Waals surface area contributed by atoms with E-state index >= 15 is 0 Å². The average Bonchev–Trinajstić information content (AvgIpc) is 2.79. The van der Waals surface area contributed by atoms with Crippen LogP contribution in [0.2, 0.25) is 0 Å². The summed E-state index contributed by atoms with van der Waals surface area (Å²) < 4.78 is 29.8. The highest BCUT2D eigenvalue weighted by atomic mass is 32.2. The van der Waals surface area contributed by atoms with Crippen molar-refractivity contribution in [1.82, 2.24) is 15.0 Å². The molecule has 1 aliphatic rings. The van der Waals surface area contributed by atoms with Gasteiger partial charge in [0.1, 0.15) is 5.60 Å². The van der Waals surface area contributed by atoms with Gasteiger partial charge in [0.2, 0.25) is 0 Å². The predicted molar refractivity (Wildman–Crippen MR) is 72.2 cm³/mol. The van der Waals surface area contributed by atoms with Gasteiger partial charge < -0.3 is 4.74 Å². The smallest absolute Gasteiger partial charge is 0.361 e. The van der Waals surface area contributed by atoms with Gasteiger partial charge >= 0.3 is 5.97 Å². The maximum Gasteiger partial charge on any atom is 0.361 e. The van der Waals surface area contributed by atoms with Gasteiger partial charge in [-0.25, -0.2) is 17.9 Å². The van der Waals surface area contributed by atoms with Crippen molar-refractivity contribution in [2.75, 3.05) is 11.5 Å². The summed E-state index contributed by atoms with van der Waals surface area (Å²) in [6, 6.07) is -0.247. The van der Waals surface area contributed by atoms with E-state index in [4.69, 9.17) is 4.74 Å². The molecule has 0 aromatic carbocycles. The Morgan fingerprint density at radius 2 is 2.05 bits per heavy atom. The molecule has 20 heavy (non-hydrogen) atoms. The van der Waals surface area contributed by atoms with Crippen molar-refractivity contribution in [2.45, 2.75) is 45.8 Å². The Hall–Kier alpha value is -1.44. The number of aromatic nitrogens is 3. The van der Waals surface area contributed by atoms with Gasteiger partial charge in [0.15, 0.2) is 15.5 Å². The summed E-state index contributed by atoms with van der Waals surface area (Å²) >= 11 is 0. The zero-order chi connectivity index (χ0) is 15.1. The molecule has 0 spiro atoms. The van der Waals surface area contributed by atoms with Gasteiger partial charge in [-0.1, -0.05) is 5.21 Å². The molecule has 0 saturated carbocycles. The number of nitrogens with zero attached hydrogens (tertiary/aromatic N) is 3. The average molecular weight is 301 g/mol. The summed E-state index contributed by atoms with van der Waals surface area (Å²) in [5, 5.41) is 7.75. The largest absolute Gasteiger partial charge is 0.455 e. The van der Waals surface area contributed by atoms with Gasteiger partial charge in [-0.3, -0.25) is 0 Å². The van der Waals surface area contributed by atoms with Crippen molar-refractivity contribution in [3.8, 4) is 0 Å². The number of carbonyl (C=O) groups excluding carboxylic acids is 1. The van der Waals surface area contributed by atoms with Crippen molar-refractivity contribution < 1.29 is 17.9 Å². The first-order valence-corrected chi connectivity index (χ1v) is 8.27. The van der Waals surface area contributed by atoms with Crippen molar-refractivity contribution in [3.05, 3.63) is 11.4 Å². The lowest BCUT2D eigenvalue weighted by Gasteiger charge is -2.18. The number of hydrogen-bond donors (Lipinski definition) is 0. The minimum absolute atomic E-state index is 0.0466. The van der Waals surface area contributed by atoms with E-state index in [2.05, 4.69) is 10.3 Å². The molecule has 7 nitrogen and oxygen atoms in total. The molecule has 0 amide bonds.